The molecule has 0 radical (unpaired) electrons. The number of halogens is 3. The normalized spacial score (nSPS) is 10.3. The van der Waals surface area contributed by atoms with Crippen LogP contribution in [0.5, 0.6) is 5.88 Å². The second-order valence-electron chi connectivity index (χ2n) is 3.75. The minimum absolute atomic E-state index is 0.122. The SMILES string of the molecule is COc1cccc(CNc2ccc(F)c(F)c2F)n1. The standard InChI is InChI=1S/C13H11F3N2O/c1-19-11-4-2-3-8(18-11)7-17-10-6-5-9(14)12(15)13(10)16/h2-6,17H,7H2,1H3. The van der Waals surface area contributed by atoms with Crippen molar-refractivity contribution in [2.24, 2.45) is 0 Å². The molecule has 1 aromatic heterocycles. The fraction of sp³-hybridized carbons (Fsp3) is 0.154. The number of hydrogen-bond donors (Lipinski definition) is 1. The van der Waals surface area contributed by atoms with E-state index in [0.717, 1.165) is 12.1 Å². The minimum Gasteiger partial charge on any atom is -0.481 e. The fourth-order valence-corrected chi connectivity index (χ4v) is 1.52. The number of nitrogens with one attached hydrogen (secondary N) is 1. The highest BCUT2D eigenvalue weighted by atomic mass is 19.2. The molecule has 3 nitrogen and oxygen atoms in total. The third kappa shape index (κ3) is 2.96. The lowest BCUT2D eigenvalue weighted by atomic mass is 10.2. The van der Waals surface area contributed by atoms with Crippen LogP contribution in [0.25, 0.3) is 0 Å². The first-order valence-corrected chi connectivity index (χ1v) is 5.49. The Kier molecular flexibility index (Phi) is 3.89. The summed E-state index contributed by atoms with van der Waals surface area (Å²) >= 11 is 0. The van der Waals surface area contributed by atoms with Gasteiger partial charge < -0.3 is 10.1 Å². The molecule has 0 spiro atoms. The fourth-order valence-electron chi connectivity index (χ4n) is 1.52. The Morgan fingerprint density at radius 3 is 2.63 bits per heavy atom. The molecule has 19 heavy (non-hydrogen) atoms. The number of hydrogen-bond acceptors (Lipinski definition) is 3. The van der Waals surface area contributed by atoms with Crippen LogP contribution in [0.4, 0.5) is 18.9 Å². The molecule has 0 saturated carbocycles. The Hall–Kier alpha value is -2.24. The van der Waals surface area contributed by atoms with Gasteiger partial charge in [0.25, 0.3) is 0 Å². The first-order chi connectivity index (χ1) is 9.11. The molecule has 0 saturated heterocycles. The zero-order valence-corrected chi connectivity index (χ0v) is 10.1. The molecule has 1 N–H and O–H groups in total. The van der Waals surface area contributed by atoms with E-state index in [2.05, 4.69) is 10.3 Å². The van der Waals surface area contributed by atoms with Crippen LogP contribution in [-0.4, -0.2) is 12.1 Å². The lowest BCUT2D eigenvalue weighted by Gasteiger charge is -2.08. The summed E-state index contributed by atoms with van der Waals surface area (Å²) in [6.45, 7) is 0.166. The van der Waals surface area contributed by atoms with E-state index in [1.165, 1.54) is 7.11 Å². The van der Waals surface area contributed by atoms with Gasteiger partial charge in [-0.25, -0.2) is 18.2 Å². The van der Waals surface area contributed by atoms with Crippen LogP contribution in [0, 0.1) is 17.5 Å². The van der Waals surface area contributed by atoms with Gasteiger partial charge in [-0.3, -0.25) is 0 Å². The third-order valence-corrected chi connectivity index (χ3v) is 2.49. The quantitative estimate of drug-likeness (QED) is 0.865. The van der Waals surface area contributed by atoms with Crippen LogP contribution < -0.4 is 10.1 Å². The predicted molar refractivity (Wildman–Crippen MR) is 64.4 cm³/mol. The van der Waals surface area contributed by atoms with Crippen LogP contribution in [0.1, 0.15) is 5.69 Å². The maximum atomic E-state index is 13.4. The molecule has 0 unspecified atom stereocenters. The number of nitrogens with zero attached hydrogens (tertiary/aromatic N) is 1. The Morgan fingerprint density at radius 2 is 1.89 bits per heavy atom. The molecule has 0 aliphatic carbocycles. The van der Waals surface area contributed by atoms with Crippen LogP contribution in [0.2, 0.25) is 0 Å². The van der Waals surface area contributed by atoms with Crippen molar-refractivity contribution in [3.05, 3.63) is 53.5 Å². The summed E-state index contributed by atoms with van der Waals surface area (Å²) in [6, 6.07) is 7.09. The van der Waals surface area contributed by atoms with E-state index in [1.807, 2.05) is 0 Å². The maximum absolute atomic E-state index is 13.4. The summed E-state index contributed by atoms with van der Waals surface area (Å²) in [7, 11) is 1.48. The first kappa shape index (κ1) is 13.2. The molecule has 0 aliphatic heterocycles. The van der Waals surface area contributed by atoms with Crippen molar-refractivity contribution in [3.63, 3.8) is 0 Å². The zero-order valence-electron chi connectivity index (χ0n) is 10.1. The molecule has 2 rings (SSSR count). The van der Waals surface area contributed by atoms with Gasteiger partial charge in [0.2, 0.25) is 5.88 Å². The van der Waals surface area contributed by atoms with Crippen LogP contribution in [0.3, 0.4) is 0 Å². The van der Waals surface area contributed by atoms with Gasteiger partial charge >= 0.3 is 0 Å². The summed E-state index contributed by atoms with van der Waals surface area (Å²) in [5, 5.41) is 2.65. The smallest absolute Gasteiger partial charge is 0.213 e. The second-order valence-corrected chi connectivity index (χ2v) is 3.75. The van der Waals surface area contributed by atoms with Crippen molar-refractivity contribution < 1.29 is 17.9 Å². The lowest BCUT2D eigenvalue weighted by Crippen LogP contribution is -2.05. The first-order valence-electron chi connectivity index (χ1n) is 5.49. The van der Waals surface area contributed by atoms with E-state index < -0.39 is 17.5 Å². The van der Waals surface area contributed by atoms with Crippen molar-refractivity contribution in [2.75, 3.05) is 12.4 Å². The predicted octanol–water partition coefficient (Wildman–Crippen LogP) is 3.12. The van der Waals surface area contributed by atoms with E-state index in [4.69, 9.17) is 4.74 Å². The van der Waals surface area contributed by atoms with Gasteiger partial charge in [0.1, 0.15) is 0 Å². The topological polar surface area (TPSA) is 34.1 Å². The summed E-state index contributed by atoms with van der Waals surface area (Å²) in [4.78, 5) is 4.10. The van der Waals surface area contributed by atoms with E-state index >= 15 is 0 Å². The molecular weight excluding hydrogens is 257 g/mol. The number of benzene rings is 1. The number of pyridine rings is 1. The van der Waals surface area contributed by atoms with Crippen molar-refractivity contribution in [1.29, 1.82) is 0 Å². The van der Waals surface area contributed by atoms with E-state index in [0.29, 0.717) is 11.6 Å². The largest absolute Gasteiger partial charge is 0.481 e. The molecule has 0 fully saturated rings. The summed E-state index contributed by atoms with van der Waals surface area (Å²) < 4.78 is 44.1. The van der Waals surface area contributed by atoms with Crippen molar-refractivity contribution in [1.82, 2.24) is 4.98 Å². The third-order valence-electron chi connectivity index (χ3n) is 2.49. The zero-order chi connectivity index (χ0) is 13.8. The summed E-state index contributed by atoms with van der Waals surface area (Å²) in [5.74, 6) is -3.54. The highest BCUT2D eigenvalue weighted by Crippen LogP contribution is 2.20. The number of anilines is 1. The Morgan fingerprint density at radius 1 is 1.11 bits per heavy atom. The minimum atomic E-state index is -1.50. The van der Waals surface area contributed by atoms with Gasteiger partial charge in [-0.1, -0.05) is 6.07 Å². The summed E-state index contributed by atoms with van der Waals surface area (Å²) in [5.41, 5.74) is 0.465. The molecular formula is C13H11F3N2O. The van der Waals surface area contributed by atoms with Crippen LogP contribution in [-0.2, 0) is 6.54 Å². The highest BCUT2D eigenvalue weighted by Gasteiger charge is 2.13. The van der Waals surface area contributed by atoms with Gasteiger partial charge in [0.05, 0.1) is 25.0 Å². The molecule has 2 aromatic rings. The van der Waals surface area contributed by atoms with Crippen LogP contribution >= 0.6 is 0 Å². The summed E-state index contributed by atoms with van der Waals surface area (Å²) in [6.07, 6.45) is 0. The Bertz CT molecular complexity index is 590. The number of methoxy groups -OCH3 is 1. The van der Waals surface area contributed by atoms with E-state index in [-0.39, 0.29) is 12.2 Å². The average molecular weight is 268 g/mol. The molecule has 1 heterocycles. The highest BCUT2D eigenvalue weighted by molar-refractivity contribution is 5.45. The molecule has 6 heteroatoms. The van der Waals surface area contributed by atoms with Gasteiger partial charge in [0.15, 0.2) is 17.5 Å². The second kappa shape index (κ2) is 5.60. The van der Waals surface area contributed by atoms with E-state index in [9.17, 15) is 13.2 Å². The maximum Gasteiger partial charge on any atom is 0.213 e. The molecule has 0 aliphatic rings. The molecule has 0 amide bonds. The number of aromatic nitrogens is 1. The van der Waals surface area contributed by atoms with Crippen molar-refractivity contribution in [3.8, 4) is 5.88 Å². The van der Waals surface area contributed by atoms with Crippen molar-refractivity contribution >= 4 is 5.69 Å². The van der Waals surface area contributed by atoms with Gasteiger partial charge in [-0.2, -0.15) is 0 Å². The number of rotatable bonds is 4. The van der Waals surface area contributed by atoms with Crippen molar-refractivity contribution in [2.45, 2.75) is 6.54 Å². The molecule has 0 bridgehead atoms. The Labute approximate surface area is 108 Å². The average Bonchev–Trinajstić information content (AvgIpc) is 2.44. The Balaban J connectivity index is 2.12. The lowest BCUT2D eigenvalue weighted by molar-refractivity contribution is 0.396. The van der Waals surface area contributed by atoms with Crippen LogP contribution in [0.15, 0.2) is 30.3 Å². The van der Waals surface area contributed by atoms with Gasteiger partial charge in [-0.05, 0) is 18.2 Å². The molecule has 0 atom stereocenters. The monoisotopic (exact) mass is 268 g/mol. The van der Waals surface area contributed by atoms with Gasteiger partial charge in [-0.15, -0.1) is 0 Å². The van der Waals surface area contributed by atoms with Gasteiger partial charge in [0, 0.05) is 6.07 Å². The van der Waals surface area contributed by atoms with E-state index in [1.54, 1.807) is 18.2 Å². The number of ether oxygens (including phenoxy) is 1. The molecule has 100 valence electrons. The molecule has 1 aromatic carbocycles.